The maximum absolute atomic E-state index is 8.36. The fourth-order valence-electron chi connectivity index (χ4n) is 0.625. The molecule has 64 valence electrons. The zero-order valence-corrected chi connectivity index (χ0v) is 6.42. The molecule has 0 radical (unpaired) electrons. The van der Waals surface area contributed by atoms with Gasteiger partial charge < -0.3 is 10.9 Å². The smallest absolute Gasteiger partial charge is 0.290 e. The third kappa shape index (κ3) is 4.99. The highest BCUT2D eigenvalue weighted by atomic mass is 16.3. The van der Waals surface area contributed by atoms with Gasteiger partial charge in [0, 0.05) is 0 Å². The molecule has 12 heavy (non-hydrogen) atoms. The van der Waals surface area contributed by atoms with Gasteiger partial charge in [0.15, 0.2) is 0 Å². The lowest BCUT2D eigenvalue weighted by atomic mass is 10.2. The molecular weight excluding hydrogens is 156 g/mol. The van der Waals surface area contributed by atoms with Crippen molar-refractivity contribution in [1.29, 1.82) is 0 Å². The van der Waals surface area contributed by atoms with Crippen LogP contribution in [0.4, 0.5) is 0 Å². The van der Waals surface area contributed by atoms with Crippen LogP contribution in [-0.4, -0.2) is 17.8 Å². The van der Waals surface area contributed by atoms with E-state index in [-0.39, 0.29) is 6.47 Å². The summed E-state index contributed by atoms with van der Waals surface area (Å²) in [6, 6.07) is 9.72. The fourth-order valence-corrected chi connectivity index (χ4v) is 0.625. The fraction of sp³-hybridized carbons (Fsp3) is 0. The maximum atomic E-state index is 8.36. The first kappa shape index (κ1) is 10.2. The number of rotatable bonds is 1. The van der Waals surface area contributed by atoms with Crippen LogP contribution in [0, 0.1) is 0 Å². The van der Waals surface area contributed by atoms with Gasteiger partial charge in [-0.1, -0.05) is 30.3 Å². The lowest BCUT2D eigenvalue weighted by Gasteiger charge is -1.85. The topological polar surface area (TPSA) is 75.7 Å². The number of carboxylic acid groups (broad SMARTS) is 1. The number of hydrogen-bond acceptors (Lipinski definition) is 3. The highest BCUT2D eigenvalue weighted by Gasteiger charge is 1.79. The molecule has 0 fully saturated rings. The van der Waals surface area contributed by atoms with E-state index in [9.17, 15) is 0 Å². The lowest BCUT2D eigenvalue weighted by Crippen LogP contribution is -1.83. The molecule has 0 unspecified atom stereocenters. The maximum Gasteiger partial charge on any atom is 0.290 e. The number of nitrogens with zero attached hydrogens (tertiary/aromatic N) is 1. The minimum absolute atomic E-state index is 0.250. The molecule has 0 bridgehead atoms. The Kier molecular flexibility index (Phi) is 6.15. The molecule has 0 amide bonds. The van der Waals surface area contributed by atoms with Gasteiger partial charge in [0.05, 0.1) is 6.21 Å². The summed E-state index contributed by atoms with van der Waals surface area (Å²) in [5.41, 5.74) is 1.03. The van der Waals surface area contributed by atoms with Gasteiger partial charge in [-0.05, 0) is 5.56 Å². The predicted molar refractivity (Wildman–Crippen MR) is 46.9 cm³/mol. The summed E-state index contributed by atoms with van der Waals surface area (Å²) in [7, 11) is 0. The summed E-state index contributed by atoms with van der Waals surface area (Å²) >= 11 is 0. The quantitative estimate of drug-likeness (QED) is 0.279. The van der Waals surface area contributed by atoms with Gasteiger partial charge in [0.2, 0.25) is 0 Å². The van der Waals surface area contributed by atoms with Crippen molar-refractivity contribution in [3.05, 3.63) is 35.9 Å². The minimum Gasteiger partial charge on any atom is -0.483 e. The summed E-state index contributed by atoms with van der Waals surface area (Å²) in [4.78, 5) is 8.36. The van der Waals surface area contributed by atoms with Crippen molar-refractivity contribution in [2.24, 2.45) is 10.9 Å². The second-order valence-electron chi connectivity index (χ2n) is 1.79. The average molecular weight is 166 g/mol. The van der Waals surface area contributed by atoms with Crippen molar-refractivity contribution in [3.63, 3.8) is 0 Å². The van der Waals surface area contributed by atoms with E-state index in [1.165, 1.54) is 0 Å². The van der Waals surface area contributed by atoms with Crippen LogP contribution in [-0.2, 0) is 4.79 Å². The first-order chi connectivity index (χ1) is 5.85. The van der Waals surface area contributed by atoms with E-state index >= 15 is 0 Å². The van der Waals surface area contributed by atoms with Crippen molar-refractivity contribution in [3.8, 4) is 0 Å². The summed E-state index contributed by atoms with van der Waals surface area (Å²) in [5.74, 6) is 4.93. The number of carbonyl (C=O) groups is 1. The highest BCUT2D eigenvalue weighted by molar-refractivity contribution is 5.78. The molecule has 0 aliphatic rings. The average Bonchev–Trinajstić information content (AvgIpc) is 2.08. The van der Waals surface area contributed by atoms with Gasteiger partial charge >= 0.3 is 0 Å². The van der Waals surface area contributed by atoms with Gasteiger partial charge in [-0.2, -0.15) is 5.10 Å². The van der Waals surface area contributed by atoms with Crippen LogP contribution in [0.2, 0.25) is 0 Å². The van der Waals surface area contributed by atoms with E-state index in [4.69, 9.17) is 15.7 Å². The van der Waals surface area contributed by atoms with E-state index in [2.05, 4.69) is 5.10 Å². The Bertz CT molecular complexity index is 234. The van der Waals surface area contributed by atoms with Crippen LogP contribution < -0.4 is 5.84 Å². The van der Waals surface area contributed by atoms with Crippen LogP contribution in [0.1, 0.15) is 5.56 Å². The Morgan fingerprint density at radius 1 is 1.33 bits per heavy atom. The molecule has 1 rings (SSSR count). The Morgan fingerprint density at radius 3 is 2.25 bits per heavy atom. The van der Waals surface area contributed by atoms with E-state index < -0.39 is 0 Å². The van der Waals surface area contributed by atoms with Gasteiger partial charge in [-0.25, -0.2) is 0 Å². The zero-order chi connectivity index (χ0) is 9.23. The van der Waals surface area contributed by atoms with Crippen LogP contribution in [0.3, 0.4) is 0 Å². The second kappa shape index (κ2) is 7.27. The van der Waals surface area contributed by atoms with E-state index in [1.54, 1.807) is 6.21 Å². The summed E-state index contributed by atoms with van der Waals surface area (Å²) < 4.78 is 0. The van der Waals surface area contributed by atoms with E-state index in [0.29, 0.717) is 0 Å². The normalized spacial score (nSPS) is 8.67. The number of hydrazone groups is 1. The SMILES string of the molecule is NN=Cc1ccccc1.O=CO. The summed E-state index contributed by atoms with van der Waals surface area (Å²) in [6.07, 6.45) is 1.61. The molecule has 0 aliphatic heterocycles. The Labute approximate surface area is 70.3 Å². The van der Waals surface area contributed by atoms with Crippen molar-refractivity contribution in [2.75, 3.05) is 0 Å². The zero-order valence-electron chi connectivity index (χ0n) is 6.42. The molecule has 0 saturated heterocycles. The molecular formula is C8H10N2O2. The highest BCUT2D eigenvalue weighted by Crippen LogP contribution is 1.92. The Hall–Kier alpha value is -1.84. The standard InChI is InChI=1S/C7H8N2.CH2O2/c8-9-6-7-4-2-1-3-5-7;2-1-3/h1-6H,8H2;1H,(H,2,3). The van der Waals surface area contributed by atoms with Gasteiger partial charge in [0.25, 0.3) is 6.47 Å². The second-order valence-corrected chi connectivity index (χ2v) is 1.79. The number of benzene rings is 1. The molecule has 4 nitrogen and oxygen atoms in total. The molecule has 3 N–H and O–H groups in total. The Balaban J connectivity index is 0.000000354. The molecule has 0 aromatic heterocycles. The molecule has 0 atom stereocenters. The summed E-state index contributed by atoms with van der Waals surface area (Å²) in [5, 5.41) is 10.3. The first-order valence-electron chi connectivity index (χ1n) is 3.21. The number of hydrogen-bond donors (Lipinski definition) is 2. The van der Waals surface area contributed by atoms with Crippen molar-refractivity contribution in [2.45, 2.75) is 0 Å². The van der Waals surface area contributed by atoms with Crippen molar-refractivity contribution >= 4 is 12.7 Å². The molecule has 0 spiro atoms. The van der Waals surface area contributed by atoms with E-state index in [1.807, 2.05) is 30.3 Å². The summed E-state index contributed by atoms with van der Waals surface area (Å²) in [6.45, 7) is -0.250. The Morgan fingerprint density at radius 2 is 1.83 bits per heavy atom. The third-order valence-electron chi connectivity index (χ3n) is 1.02. The molecule has 4 heteroatoms. The number of nitrogens with two attached hydrogens (primary N) is 1. The molecule has 1 aromatic rings. The van der Waals surface area contributed by atoms with Crippen molar-refractivity contribution < 1.29 is 9.90 Å². The lowest BCUT2D eigenvalue weighted by molar-refractivity contribution is -0.122. The van der Waals surface area contributed by atoms with Crippen LogP contribution >= 0.6 is 0 Å². The monoisotopic (exact) mass is 166 g/mol. The predicted octanol–water partition coefficient (Wildman–Crippen LogP) is 0.680. The van der Waals surface area contributed by atoms with E-state index in [0.717, 1.165) is 5.56 Å². The largest absolute Gasteiger partial charge is 0.483 e. The van der Waals surface area contributed by atoms with Crippen LogP contribution in [0.15, 0.2) is 35.4 Å². The van der Waals surface area contributed by atoms with Crippen LogP contribution in [0.5, 0.6) is 0 Å². The molecule has 0 heterocycles. The van der Waals surface area contributed by atoms with Crippen molar-refractivity contribution in [1.82, 2.24) is 0 Å². The van der Waals surface area contributed by atoms with Gasteiger partial charge in [0.1, 0.15) is 0 Å². The third-order valence-corrected chi connectivity index (χ3v) is 1.02. The molecule has 0 saturated carbocycles. The molecule has 1 aromatic carbocycles. The minimum atomic E-state index is -0.250. The van der Waals surface area contributed by atoms with Gasteiger partial charge in [-0.15, -0.1) is 0 Å². The van der Waals surface area contributed by atoms with Gasteiger partial charge in [-0.3, -0.25) is 4.79 Å². The van der Waals surface area contributed by atoms with Crippen LogP contribution in [0.25, 0.3) is 0 Å². The first-order valence-corrected chi connectivity index (χ1v) is 3.21. The molecule has 0 aliphatic carbocycles.